The van der Waals surface area contributed by atoms with E-state index in [1.807, 2.05) is 25.1 Å². The zero-order chi connectivity index (χ0) is 18.9. The molecule has 1 saturated heterocycles. The summed E-state index contributed by atoms with van der Waals surface area (Å²) in [4.78, 5) is 19.1. The first-order chi connectivity index (χ1) is 13.1. The van der Waals surface area contributed by atoms with E-state index in [1.165, 1.54) is 0 Å². The van der Waals surface area contributed by atoms with Crippen LogP contribution in [0.2, 0.25) is 0 Å². The number of hydrogen-bond acceptors (Lipinski definition) is 5. The van der Waals surface area contributed by atoms with Crippen LogP contribution in [0.15, 0.2) is 36.7 Å². The van der Waals surface area contributed by atoms with E-state index in [4.69, 9.17) is 9.47 Å². The normalized spacial score (nSPS) is 22.5. The van der Waals surface area contributed by atoms with E-state index in [2.05, 4.69) is 4.98 Å². The number of carbonyl (C=O) groups is 1. The van der Waals surface area contributed by atoms with Gasteiger partial charge >= 0.3 is 0 Å². The van der Waals surface area contributed by atoms with Gasteiger partial charge in [0.05, 0.1) is 6.54 Å². The van der Waals surface area contributed by atoms with Gasteiger partial charge in [-0.2, -0.15) is 0 Å². The predicted octanol–water partition coefficient (Wildman–Crippen LogP) is 3.13. The van der Waals surface area contributed by atoms with Gasteiger partial charge in [-0.1, -0.05) is 6.07 Å². The van der Waals surface area contributed by atoms with Crippen molar-refractivity contribution in [2.75, 3.05) is 19.8 Å². The number of aromatic hydroxyl groups is 1. The van der Waals surface area contributed by atoms with Crippen LogP contribution in [0, 0.1) is 0 Å². The molecule has 0 unspecified atom stereocenters. The molecule has 6 heteroatoms. The summed E-state index contributed by atoms with van der Waals surface area (Å²) in [5.41, 5.74) is 1.77. The number of phenols is 1. The molecule has 1 amide bonds. The fourth-order valence-electron chi connectivity index (χ4n) is 3.81. The molecule has 142 valence electrons. The van der Waals surface area contributed by atoms with Crippen LogP contribution in [0.4, 0.5) is 0 Å². The Kier molecular flexibility index (Phi) is 4.74. The molecular formula is C21H24N2O4. The number of amides is 1. The second-order valence-corrected chi connectivity index (χ2v) is 7.34. The lowest BCUT2D eigenvalue weighted by Crippen LogP contribution is -2.50. The minimum absolute atomic E-state index is 0.00933. The average Bonchev–Trinajstić information content (AvgIpc) is 2.91. The zero-order valence-corrected chi connectivity index (χ0v) is 15.5. The fourth-order valence-corrected chi connectivity index (χ4v) is 3.81. The molecule has 4 rings (SSSR count). The number of nitrogens with zero attached hydrogens (tertiary/aromatic N) is 2. The van der Waals surface area contributed by atoms with E-state index in [0.717, 1.165) is 36.0 Å². The molecule has 27 heavy (non-hydrogen) atoms. The summed E-state index contributed by atoms with van der Waals surface area (Å²) in [7, 11) is 0. The number of carbonyl (C=O) groups excluding carboxylic acids is 1. The standard InChI is InChI=1S/C21H24N2O4/c1-21(6-2-3-9-27-21)20(25)23-8-10-26-19-17(14-23)11-16(12-18(19)24)15-5-4-7-22-13-15/h4-5,7,11-13,24H,2-3,6,8-10,14H2,1H3/t21-/m1/s1. The molecule has 2 aliphatic heterocycles. The van der Waals surface area contributed by atoms with Gasteiger partial charge in [-0.15, -0.1) is 0 Å². The molecule has 0 bridgehead atoms. The molecule has 6 nitrogen and oxygen atoms in total. The Morgan fingerprint density at radius 2 is 2.15 bits per heavy atom. The third-order valence-electron chi connectivity index (χ3n) is 5.32. The van der Waals surface area contributed by atoms with Crippen LogP contribution in [0.25, 0.3) is 11.1 Å². The van der Waals surface area contributed by atoms with Crippen molar-refractivity contribution in [2.24, 2.45) is 0 Å². The molecule has 2 aromatic rings. The summed E-state index contributed by atoms with van der Waals surface area (Å²) in [6.07, 6.45) is 6.18. The van der Waals surface area contributed by atoms with Gasteiger partial charge in [-0.25, -0.2) is 0 Å². The van der Waals surface area contributed by atoms with Crippen molar-refractivity contribution in [1.29, 1.82) is 0 Å². The Bertz CT molecular complexity index is 832. The minimum atomic E-state index is -0.772. The molecule has 3 heterocycles. The molecule has 1 fully saturated rings. The highest BCUT2D eigenvalue weighted by Crippen LogP contribution is 2.38. The van der Waals surface area contributed by atoms with E-state index in [-0.39, 0.29) is 11.7 Å². The summed E-state index contributed by atoms with van der Waals surface area (Å²) < 4.78 is 11.6. The Morgan fingerprint density at radius 3 is 2.89 bits per heavy atom. The first-order valence-corrected chi connectivity index (χ1v) is 9.39. The third-order valence-corrected chi connectivity index (χ3v) is 5.32. The van der Waals surface area contributed by atoms with Crippen LogP contribution < -0.4 is 4.74 Å². The highest BCUT2D eigenvalue weighted by atomic mass is 16.5. The number of benzene rings is 1. The lowest BCUT2D eigenvalue weighted by Gasteiger charge is -2.36. The monoisotopic (exact) mass is 368 g/mol. The van der Waals surface area contributed by atoms with E-state index < -0.39 is 5.60 Å². The number of aromatic nitrogens is 1. The van der Waals surface area contributed by atoms with Crippen molar-refractivity contribution in [1.82, 2.24) is 9.88 Å². The van der Waals surface area contributed by atoms with Crippen molar-refractivity contribution in [2.45, 2.75) is 38.3 Å². The van der Waals surface area contributed by atoms with Crippen LogP contribution in [-0.2, 0) is 16.1 Å². The van der Waals surface area contributed by atoms with Crippen molar-refractivity contribution in [3.63, 3.8) is 0 Å². The second-order valence-electron chi connectivity index (χ2n) is 7.34. The average molecular weight is 368 g/mol. The summed E-state index contributed by atoms with van der Waals surface area (Å²) in [6, 6.07) is 7.43. The number of fused-ring (bicyclic) bond motifs is 1. The summed E-state index contributed by atoms with van der Waals surface area (Å²) in [5, 5.41) is 10.5. The predicted molar refractivity (Wildman–Crippen MR) is 100 cm³/mol. The van der Waals surface area contributed by atoms with Crippen LogP contribution in [-0.4, -0.2) is 46.3 Å². The highest BCUT2D eigenvalue weighted by Gasteiger charge is 2.40. The van der Waals surface area contributed by atoms with E-state index in [0.29, 0.717) is 32.1 Å². The van der Waals surface area contributed by atoms with Gasteiger partial charge in [0.2, 0.25) is 0 Å². The topological polar surface area (TPSA) is 71.9 Å². The Balaban J connectivity index is 1.65. The van der Waals surface area contributed by atoms with Crippen molar-refractivity contribution >= 4 is 5.91 Å². The van der Waals surface area contributed by atoms with Crippen molar-refractivity contribution in [3.8, 4) is 22.6 Å². The molecule has 2 aliphatic rings. The largest absolute Gasteiger partial charge is 0.504 e. The van der Waals surface area contributed by atoms with Gasteiger partial charge in [0, 0.05) is 36.7 Å². The Hall–Kier alpha value is -2.60. The van der Waals surface area contributed by atoms with Crippen LogP contribution >= 0.6 is 0 Å². The maximum atomic E-state index is 13.2. The van der Waals surface area contributed by atoms with Gasteiger partial charge in [-0.3, -0.25) is 9.78 Å². The quantitative estimate of drug-likeness (QED) is 0.882. The summed E-state index contributed by atoms with van der Waals surface area (Å²) in [6.45, 7) is 3.69. The van der Waals surface area contributed by atoms with Crippen molar-refractivity contribution in [3.05, 3.63) is 42.2 Å². The Labute approximate surface area is 158 Å². The van der Waals surface area contributed by atoms with Crippen LogP contribution in [0.5, 0.6) is 11.5 Å². The molecule has 1 aromatic carbocycles. The Morgan fingerprint density at radius 1 is 1.26 bits per heavy atom. The van der Waals surface area contributed by atoms with E-state index in [1.54, 1.807) is 23.4 Å². The number of hydrogen-bond donors (Lipinski definition) is 1. The van der Waals surface area contributed by atoms with Gasteiger partial charge in [-0.05, 0) is 49.9 Å². The summed E-state index contributed by atoms with van der Waals surface area (Å²) >= 11 is 0. The lowest BCUT2D eigenvalue weighted by molar-refractivity contribution is -0.162. The lowest BCUT2D eigenvalue weighted by atomic mass is 9.94. The van der Waals surface area contributed by atoms with E-state index in [9.17, 15) is 9.90 Å². The summed E-state index contributed by atoms with van der Waals surface area (Å²) in [5.74, 6) is 0.526. The molecule has 0 spiro atoms. The molecule has 0 aliphatic carbocycles. The zero-order valence-electron chi connectivity index (χ0n) is 15.5. The first-order valence-electron chi connectivity index (χ1n) is 9.39. The van der Waals surface area contributed by atoms with E-state index >= 15 is 0 Å². The second kappa shape index (κ2) is 7.19. The van der Waals surface area contributed by atoms with Crippen molar-refractivity contribution < 1.29 is 19.4 Å². The van der Waals surface area contributed by atoms with Gasteiger partial charge < -0.3 is 19.5 Å². The number of rotatable bonds is 2. The minimum Gasteiger partial charge on any atom is -0.504 e. The highest BCUT2D eigenvalue weighted by molar-refractivity contribution is 5.85. The SMILES string of the molecule is C[C@]1(C(=O)N2CCOc3c(O)cc(-c4cccnc4)cc3C2)CCCCO1. The number of pyridine rings is 1. The number of ether oxygens (including phenoxy) is 2. The van der Waals surface area contributed by atoms with Gasteiger partial charge in [0.1, 0.15) is 12.2 Å². The maximum Gasteiger partial charge on any atom is 0.254 e. The first kappa shape index (κ1) is 17.8. The molecular weight excluding hydrogens is 344 g/mol. The van der Waals surface area contributed by atoms with Gasteiger partial charge in [0.15, 0.2) is 11.5 Å². The smallest absolute Gasteiger partial charge is 0.254 e. The van der Waals surface area contributed by atoms with Gasteiger partial charge in [0.25, 0.3) is 5.91 Å². The molecule has 0 saturated carbocycles. The third kappa shape index (κ3) is 3.49. The molecule has 0 radical (unpaired) electrons. The fraction of sp³-hybridized carbons (Fsp3) is 0.429. The van der Waals surface area contributed by atoms with Crippen LogP contribution in [0.1, 0.15) is 31.7 Å². The molecule has 1 aromatic heterocycles. The number of phenolic OH excluding ortho intramolecular Hbond substituents is 1. The molecule has 1 N–H and O–H groups in total. The van der Waals surface area contributed by atoms with Crippen LogP contribution in [0.3, 0.4) is 0 Å². The molecule has 1 atom stereocenters. The maximum absolute atomic E-state index is 13.2.